The molecule has 1 amide bonds. The summed E-state index contributed by atoms with van der Waals surface area (Å²) >= 11 is 0. The number of carboxylic acid groups (broad SMARTS) is 1. The maximum Gasteiger partial charge on any atom is 0.311 e. The molecule has 2 fully saturated rings. The minimum Gasteiger partial charge on any atom is -0.481 e. The summed E-state index contributed by atoms with van der Waals surface area (Å²) in [6.07, 6.45) is 2.74. The standard InChI is InChI=1S/C15H26N2O3/c1-4-16(5-2)13(18)11(3)17-9-12-7-6-8-15(12,10-17)14(19)20/h11-12H,4-10H2,1-3H3,(H,19,20)/t11?,12-,15+/m0/s1. The molecule has 0 aromatic rings. The monoisotopic (exact) mass is 282 g/mol. The lowest BCUT2D eigenvalue weighted by atomic mass is 9.81. The summed E-state index contributed by atoms with van der Waals surface area (Å²) in [7, 11) is 0. The Bertz CT molecular complexity index is 395. The molecule has 3 atom stereocenters. The molecule has 0 spiro atoms. The quantitative estimate of drug-likeness (QED) is 0.828. The first kappa shape index (κ1) is 15.3. The minimum atomic E-state index is -0.676. The van der Waals surface area contributed by atoms with Crippen LogP contribution in [0, 0.1) is 11.3 Å². The summed E-state index contributed by atoms with van der Waals surface area (Å²) in [6.45, 7) is 8.57. The maximum atomic E-state index is 12.4. The Morgan fingerprint density at radius 1 is 1.40 bits per heavy atom. The largest absolute Gasteiger partial charge is 0.481 e. The molecule has 1 N–H and O–H groups in total. The summed E-state index contributed by atoms with van der Waals surface area (Å²) in [4.78, 5) is 28.0. The van der Waals surface area contributed by atoms with Gasteiger partial charge in [0.1, 0.15) is 0 Å². The Morgan fingerprint density at radius 2 is 2.05 bits per heavy atom. The molecule has 2 aliphatic rings. The highest BCUT2D eigenvalue weighted by molar-refractivity contribution is 5.82. The molecule has 20 heavy (non-hydrogen) atoms. The second-order valence-corrected chi connectivity index (χ2v) is 6.17. The molecule has 5 heteroatoms. The first-order valence-corrected chi connectivity index (χ1v) is 7.72. The number of hydrogen-bond acceptors (Lipinski definition) is 3. The van der Waals surface area contributed by atoms with Gasteiger partial charge >= 0.3 is 5.97 Å². The van der Waals surface area contributed by atoms with Crippen molar-refractivity contribution in [1.29, 1.82) is 0 Å². The molecule has 1 aliphatic carbocycles. The summed E-state index contributed by atoms with van der Waals surface area (Å²) in [5.74, 6) is -0.340. The molecule has 2 rings (SSSR count). The molecule has 0 aromatic heterocycles. The Hall–Kier alpha value is -1.10. The predicted octanol–water partition coefficient (Wildman–Crippen LogP) is 1.43. The van der Waals surface area contributed by atoms with E-state index in [2.05, 4.69) is 4.90 Å². The van der Waals surface area contributed by atoms with Crippen LogP contribution in [0.15, 0.2) is 0 Å². The molecule has 5 nitrogen and oxygen atoms in total. The Morgan fingerprint density at radius 3 is 2.55 bits per heavy atom. The van der Waals surface area contributed by atoms with Crippen molar-refractivity contribution >= 4 is 11.9 Å². The summed E-state index contributed by atoms with van der Waals surface area (Å²) < 4.78 is 0. The van der Waals surface area contributed by atoms with Crippen LogP contribution in [0.2, 0.25) is 0 Å². The number of nitrogens with zero attached hydrogens (tertiary/aromatic N) is 2. The first-order valence-electron chi connectivity index (χ1n) is 7.72. The zero-order valence-corrected chi connectivity index (χ0v) is 12.8. The van der Waals surface area contributed by atoms with Gasteiger partial charge in [0.05, 0.1) is 11.5 Å². The lowest BCUT2D eigenvalue weighted by molar-refractivity contribution is -0.150. The number of likely N-dealkylation sites (N-methyl/N-ethyl adjacent to an activating group) is 1. The average molecular weight is 282 g/mol. The van der Waals surface area contributed by atoms with Crippen LogP contribution in [0.1, 0.15) is 40.0 Å². The molecule has 1 saturated heterocycles. The van der Waals surface area contributed by atoms with Crippen molar-refractivity contribution in [3.63, 3.8) is 0 Å². The zero-order chi connectivity index (χ0) is 14.9. The third-order valence-corrected chi connectivity index (χ3v) is 5.30. The summed E-state index contributed by atoms with van der Waals surface area (Å²) in [6, 6.07) is -0.211. The van der Waals surface area contributed by atoms with Gasteiger partial charge in [0.15, 0.2) is 0 Å². The van der Waals surface area contributed by atoms with E-state index < -0.39 is 11.4 Å². The molecule has 1 aliphatic heterocycles. The number of carboxylic acids is 1. The maximum absolute atomic E-state index is 12.4. The van der Waals surface area contributed by atoms with Crippen molar-refractivity contribution in [3.8, 4) is 0 Å². The number of rotatable bonds is 5. The van der Waals surface area contributed by atoms with Gasteiger partial charge in [0.25, 0.3) is 0 Å². The Balaban J connectivity index is 2.09. The van der Waals surface area contributed by atoms with Crippen molar-refractivity contribution in [3.05, 3.63) is 0 Å². The fraction of sp³-hybridized carbons (Fsp3) is 0.867. The van der Waals surface area contributed by atoms with Gasteiger partial charge in [-0.1, -0.05) is 6.42 Å². The van der Waals surface area contributed by atoms with E-state index in [-0.39, 0.29) is 17.9 Å². The van der Waals surface area contributed by atoms with E-state index in [1.54, 1.807) is 0 Å². The van der Waals surface area contributed by atoms with E-state index in [4.69, 9.17) is 0 Å². The molecular weight excluding hydrogens is 256 g/mol. The summed E-state index contributed by atoms with van der Waals surface area (Å²) in [5.41, 5.74) is -0.599. The van der Waals surface area contributed by atoms with E-state index in [9.17, 15) is 14.7 Å². The normalized spacial score (nSPS) is 31.1. The molecule has 0 bridgehead atoms. The molecule has 1 unspecified atom stereocenters. The second kappa shape index (κ2) is 5.72. The Labute approximate surface area is 120 Å². The van der Waals surface area contributed by atoms with Crippen LogP contribution < -0.4 is 0 Å². The summed E-state index contributed by atoms with van der Waals surface area (Å²) in [5, 5.41) is 9.59. The third-order valence-electron chi connectivity index (χ3n) is 5.30. The van der Waals surface area contributed by atoms with Crippen LogP contribution in [0.5, 0.6) is 0 Å². The van der Waals surface area contributed by atoms with Crippen LogP contribution in [-0.2, 0) is 9.59 Å². The Kier molecular flexibility index (Phi) is 4.37. The van der Waals surface area contributed by atoms with Crippen LogP contribution in [0.3, 0.4) is 0 Å². The van der Waals surface area contributed by atoms with E-state index in [1.807, 2.05) is 25.7 Å². The third kappa shape index (κ3) is 2.32. The van der Waals surface area contributed by atoms with Gasteiger partial charge in [0, 0.05) is 26.2 Å². The van der Waals surface area contributed by atoms with E-state index >= 15 is 0 Å². The molecule has 1 saturated carbocycles. The molecular formula is C15H26N2O3. The van der Waals surface area contributed by atoms with Crippen molar-refractivity contribution in [2.45, 2.75) is 46.1 Å². The molecule has 0 radical (unpaired) electrons. The van der Waals surface area contributed by atoms with Crippen LogP contribution in [0.4, 0.5) is 0 Å². The number of aliphatic carboxylic acids is 1. The average Bonchev–Trinajstić information content (AvgIpc) is 2.96. The number of fused-ring (bicyclic) bond motifs is 1. The van der Waals surface area contributed by atoms with Crippen LogP contribution >= 0.6 is 0 Å². The topological polar surface area (TPSA) is 60.9 Å². The second-order valence-electron chi connectivity index (χ2n) is 6.17. The number of carbonyl (C=O) groups is 2. The van der Waals surface area contributed by atoms with Gasteiger partial charge in [-0.25, -0.2) is 0 Å². The highest BCUT2D eigenvalue weighted by Gasteiger charge is 2.55. The fourth-order valence-corrected chi connectivity index (χ4v) is 3.93. The lowest BCUT2D eigenvalue weighted by Crippen LogP contribution is -2.47. The SMILES string of the molecule is CCN(CC)C(=O)C(C)N1C[C@@H]2CCC[C@@]2(C(=O)O)C1. The molecule has 114 valence electrons. The highest BCUT2D eigenvalue weighted by Crippen LogP contribution is 2.49. The first-order chi connectivity index (χ1) is 9.46. The highest BCUT2D eigenvalue weighted by atomic mass is 16.4. The van der Waals surface area contributed by atoms with Crippen molar-refractivity contribution in [1.82, 2.24) is 9.80 Å². The van der Waals surface area contributed by atoms with Gasteiger partial charge in [-0.2, -0.15) is 0 Å². The zero-order valence-electron chi connectivity index (χ0n) is 12.8. The van der Waals surface area contributed by atoms with Crippen molar-refractivity contribution in [2.75, 3.05) is 26.2 Å². The van der Waals surface area contributed by atoms with E-state index in [1.165, 1.54) is 0 Å². The van der Waals surface area contributed by atoms with E-state index in [0.29, 0.717) is 19.6 Å². The van der Waals surface area contributed by atoms with E-state index in [0.717, 1.165) is 25.8 Å². The van der Waals surface area contributed by atoms with Gasteiger partial charge in [-0.05, 0) is 39.5 Å². The number of carbonyl (C=O) groups excluding carboxylic acids is 1. The van der Waals surface area contributed by atoms with Gasteiger partial charge in [-0.3, -0.25) is 14.5 Å². The fourth-order valence-electron chi connectivity index (χ4n) is 3.93. The minimum absolute atomic E-state index is 0.121. The van der Waals surface area contributed by atoms with Gasteiger partial charge in [0.2, 0.25) is 5.91 Å². The smallest absolute Gasteiger partial charge is 0.311 e. The molecule has 0 aromatic carbocycles. The number of amides is 1. The number of hydrogen-bond donors (Lipinski definition) is 1. The van der Waals surface area contributed by atoms with Crippen LogP contribution in [-0.4, -0.2) is 59.0 Å². The van der Waals surface area contributed by atoms with Crippen molar-refractivity contribution in [2.24, 2.45) is 11.3 Å². The van der Waals surface area contributed by atoms with Crippen molar-refractivity contribution < 1.29 is 14.7 Å². The van der Waals surface area contributed by atoms with Gasteiger partial charge in [-0.15, -0.1) is 0 Å². The van der Waals surface area contributed by atoms with Gasteiger partial charge < -0.3 is 10.0 Å². The predicted molar refractivity (Wildman–Crippen MR) is 76.4 cm³/mol. The number of likely N-dealkylation sites (tertiary alicyclic amines) is 1. The lowest BCUT2D eigenvalue weighted by Gasteiger charge is -2.30. The van der Waals surface area contributed by atoms with Crippen LogP contribution in [0.25, 0.3) is 0 Å². The molecule has 1 heterocycles.